The molecule has 0 bridgehead atoms. The Morgan fingerprint density at radius 1 is 1.60 bits per heavy atom. The van der Waals surface area contributed by atoms with Gasteiger partial charge in [-0.3, -0.25) is 9.89 Å². The molecule has 0 aromatic carbocycles. The van der Waals surface area contributed by atoms with Crippen LogP contribution >= 0.6 is 0 Å². The lowest BCUT2D eigenvalue weighted by Crippen LogP contribution is -2.31. The predicted octanol–water partition coefficient (Wildman–Crippen LogP) is 1.86. The van der Waals surface area contributed by atoms with Gasteiger partial charge in [0.1, 0.15) is 0 Å². The van der Waals surface area contributed by atoms with Crippen LogP contribution in [0.1, 0.15) is 47.7 Å². The lowest BCUT2D eigenvalue weighted by atomic mass is 10.1. The number of likely N-dealkylation sites (tertiary alicyclic amines) is 1. The van der Waals surface area contributed by atoms with Gasteiger partial charge >= 0.3 is 0 Å². The minimum absolute atomic E-state index is 0.0875. The van der Waals surface area contributed by atoms with Crippen molar-refractivity contribution in [2.75, 3.05) is 12.3 Å². The molecule has 2 aromatic heterocycles. The van der Waals surface area contributed by atoms with E-state index in [1.807, 2.05) is 30.2 Å². The first-order chi connectivity index (χ1) is 9.72. The molecular weight excluding hydrogens is 254 g/mol. The number of carbonyl (C=O) groups is 1. The fourth-order valence-electron chi connectivity index (χ4n) is 2.84. The van der Waals surface area contributed by atoms with Crippen LogP contribution in [-0.2, 0) is 6.42 Å². The van der Waals surface area contributed by atoms with Crippen LogP contribution < -0.4 is 5.73 Å². The molecule has 2 aromatic rings. The number of nitrogens with one attached hydrogen (secondary N) is 2. The zero-order chi connectivity index (χ0) is 14.1. The number of amides is 1. The van der Waals surface area contributed by atoms with E-state index in [9.17, 15) is 4.79 Å². The molecule has 6 nitrogen and oxygen atoms in total. The van der Waals surface area contributed by atoms with E-state index < -0.39 is 0 Å². The number of carbonyl (C=O) groups excluding carboxylic acids is 1. The van der Waals surface area contributed by atoms with Crippen LogP contribution in [0.5, 0.6) is 0 Å². The lowest BCUT2D eigenvalue weighted by Gasteiger charge is -2.23. The molecular formula is C14H19N5O. The maximum absolute atomic E-state index is 12.7. The van der Waals surface area contributed by atoms with Crippen molar-refractivity contribution in [2.24, 2.45) is 0 Å². The summed E-state index contributed by atoms with van der Waals surface area (Å²) >= 11 is 0. The van der Waals surface area contributed by atoms with Gasteiger partial charge in [0, 0.05) is 18.4 Å². The number of nitrogens with two attached hydrogens (primary N) is 1. The minimum atomic E-state index is -0.0875. The number of aromatic nitrogens is 3. The third-order valence-corrected chi connectivity index (χ3v) is 3.93. The van der Waals surface area contributed by atoms with Crippen LogP contribution in [0.4, 0.5) is 5.69 Å². The van der Waals surface area contributed by atoms with E-state index in [0.717, 1.165) is 37.2 Å². The van der Waals surface area contributed by atoms with Crippen LogP contribution in [0, 0.1) is 0 Å². The average Bonchev–Trinajstić information content (AvgIpc) is 3.18. The number of hydrogen-bond donors (Lipinski definition) is 3. The highest BCUT2D eigenvalue weighted by Crippen LogP contribution is 2.32. The van der Waals surface area contributed by atoms with Crippen LogP contribution in [-0.4, -0.2) is 32.5 Å². The number of hydrogen-bond acceptors (Lipinski definition) is 3. The van der Waals surface area contributed by atoms with Crippen molar-refractivity contribution in [3.05, 3.63) is 35.4 Å². The number of anilines is 1. The van der Waals surface area contributed by atoms with Crippen LogP contribution in [0.2, 0.25) is 0 Å². The summed E-state index contributed by atoms with van der Waals surface area (Å²) in [6, 6.07) is 4.06. The summed E-state index contributed by atoms with van der Waals surface area (Å²) in [5.74, 6) is -0.0875. The number of H-pyrrole nitrogens is 2. The Bertz CT molecular complexity index is 601. The Hall–Kier alpha value is -2.24. The molecule has 3 rings (SSSR count). The Labute approximate surface area is 117 Å². The Morgan fingerprint density at radius 3 is 3.10 bits per heavy atom. The summed E-state index contributed by atoms with van der Waals surface area (Å²) in [4.78, 5) is 17.7. The van der Waals surface area contributed by atoms with E-state index >= 15 is 0 Å². The molecule has 1 unspecified atom stereocenters. The van der Waals surface area contributed by atoms with E-state index in [2.05, 4.69) is 15.2 Å². The van der Waals surface area contributed by atoms with Gasteiger partial charge in [0.2, 0.25) is 0 Å². The van der Waals surface area contributed by atoms with Crippen molar-refractivity contribution >= 4 is 11.6 Å². The van der Waals surface area contributed by atoms with Crippen molar-refractivity contribution in [3.63, 3.8) is 0 Å². The summed E-state index contributed by atoms with van der Waals surface area (Å²) < 4.78 is 0. The Kier molecular flexibility index (Phi) is 3.22. The van der Waals surface area contributed by atoms with Gasteiger partial charge in [0.15, 0.2) is 5.69 Å². The maximum atomic E-state index is 12.7. The molecule has 20 heavy (non-hydrogen) atoms. The summed E-state index contributed by atoms with van der Waals surface area (Å²) in [6.07, 6.45) is 4.60. The fourth-order valence-corrected chi connectivity index (χ4v) is 2.84. The first kappa shape index (κ1) is 12.8. The molecule has 0 spiro atoms. The molecule has 3 heterocycles. The molecule has 1 amide bonds. The van der Waals surface area contributed by atoms with Crippen molar-refractivity contribution < 1.29 is 4.79 Å². The highest BCUT2D eigenvalue weighted by Gasteiger charge is 2.33. The van der Waals surface area contributed by atoms with Gasteiger partial charge in [-0.2, -0.15) is 5.10 Å². The minimum Gasteiger partial charge on any atom is -0.395 e. The molecule has 1 saturated heterocycles. The molecule has 0 saturated carbocycles. The van der Waals surface area contributed by atoms with Gasteiger partial charge in [-0.1, -0.05) is 6.92 Å². The monoisotopic (exact) mass is 273 g/mol. The second-order valence-corrected chi connectivity index (χ2v) is 5.10. The standard InChI is InChI=1S/C14H19N5O/c1-2-9-12(15)13(18-17-9)14(20)19-8-4-6-11(19)10-5-3-7-16-10/h3,5,7,11,16H,2,4,6,8,15H2,1H3,(H,17,18). The molecule has 1 aliphatic rings. The van der Waals surface area contributed by atoms with Gasteiger partial charge in [0.25, 0.3) is 5.91 Å². The summed E-state index contributed by atoms with van der Waals surface area (Å²) in [5.41, 5.74) is 8.72. The Morgan fingerprint density at radius 2 is 2.45 bits per heavy atom. The Balaban J connectivity index is 1.87. The van der Waals surface area contributed by atoms with E-state index in [4.69, 9.17) is 5.73 Å². The number of nitrogen functional groups attached to an aromatic ring is 1. The van der Waals surface area contributed by atoms with Crippen molar-refractivity contribution in [2.45, 2.75) is 32.2 Å². The number of aryl methyl sites for hydroxylation is 1. The van der Waals surface area contributed by atoms with Gasteiger partial charge in [-0.25, -0.2) is 0 Å². The summed E-state index contributed by atoms with van der Waals surface area (Å²) in [7, 11) is 0. The van der Waals surface area contributed by atoms with Gasteiger partial charge < -0.3 is 15.6 Å². The fraction of sp³-hybridized carbons (Fsp3) is 0.429. The van der Waals surface area contributed by atoms with E-state index in [1.165, 1.54) is 0 Å². The number of aromatic amines is 2. The molecule has 1 aliphatic heterocycles. The lowest BCUT2D eigenvalue weighted by molar-refractivity contribution is 0.0728. The molecule has 1 atom stereocenters. The zero-order valence-corrected chi connectivity index (χ0v) is 11.5. The van der Waals surface area contributed by atoms with Crippen molar-refractivity contribution in [3.8, 4) is 0 Å². The summed E-state index contributed by atoms with van der Waals surface area (Å²) in [6.45, 7) is 2.73. The second kappa shape index (κ2) is 5.03. The highest BCUT2D eigenvalue weighted by molar-refractivity contribution is 5.98. The molecule has 106 valence electrons. The molecule has 4 N–H and O–H groups in total. The first-order valence-corrected chi connectivity index (χ1v) is 6.99. The third kappa shape index (κ3) is 1.97. The van der Waals surface area contributed by atoms with E-state index in [0.29, 0.717) is 11.4 Å². The van der Waals surface area contributed by atoms with Gasteiger partial charge in [-0.05, 0) is 31.4 Å². The number of nitrogens with zero attached hydrogens (tertiary/aromatic N) is 2. The van der Waals surface area contributed by atoms with Gasteiger partial charge in [-0.15, -0.1) is 0 Å². The zero-order valence-electron chi connectivity index (χ0n) is 11.5. The molecule has 6 heteroatoms. The second-order valence-electron chi connectivity index (χ2n) is 5.10. The molecule has 0 radical (unpaired) electrons. The predicted molar refractivity (Wildman–Crippen MR) is 76.2 cm³/mol. The highest BCUT2D eigenvalue weighted by atomic mass is 16.2. The number of rotatable bonds is 3. The topological polar surface area (TPSA) is 90.8 Å². The SMILES string of the molecule is CCc1[nH]nc(C(=O)N2CCCC2c2ccc[nH]2)c1N. The van der Waals surface area contributed by atoms with Crippen molar-refractivity contribution in [1.29, 1.82) is 0 Å². The van der Waals surface area contributed by atoms with E-state index in [-0.39, 0.29) is 11.9 Å². The normalized spacial score (nSPS) is 18.6. The van der Waals surface area contributed by atoms with Crippen LogP contribution in [0.25, 0.3) is 0 Å². The largest absolute Gasteiger partial charge is 0.395 e. The van der Waals surface area contributed by atoms with Crippen LogP contribution in [0.3, 0.4) is 0 Å². The van der Waals surface area contributed by atoms with E-state index in [1.54, 1.807) is 0 Å². The van der Waals surface area contributed by atoms with Gasteiger partial charge in [0.05, 0.1) is 17.4 Å². The quantitative estimate of drug-likeness (QED) is 0.797. The average molecular weight is 273 g/mol. The first-order valence-electron chi connectivity index (χ1n) is 6.99. The smallest absolute Gasteiger partial charge is 0.277 e. The molecule has 0 aliphatic carbocycles. The summed E-state index contributed by atoms with van der Waals surface area (Å²) in [5, 5.41) is 6.94. The van der Waals surface area contributed by atoms with Crippen molar-refractivity contribution in [1.82, 2.24) is 20.1 Å². The third-order valence-electron chi connectivity index (χ3n) is 3.93. The van der Waals surface area contributed by atoms with Crippen LogP contribution in [0.15, 0.2) is 18.3 Å². The molecule has 1 fully saturated rings. The maximum Gasteiger partial charge on any atom is 0.277 e.